The summed E-state index contributed by atoms with van der Waals surface area (Å²) < 4.78 is 19.0. The number of carbonyl (C=O) groups is 1. The van der Waals surface area contributed by atoms with E-state index < -0.39 is 11.8 Å². The van der Waals surface area contributed by atoms with Crippen molar-refractivity contribution >= 4 is 5.97 Å². The van der Waals surface area contributed by atoms with Gasteiger partial charge in [-0.25, -0.2) is 4.39 Å². The predicted molar refractivity (Wildman–Crippen MR) is 54.0 cm³/mol. The number of rotatable bonds is 1. The number of cyclic esters (lactones) is 1. The third-order valence-corrected chi connectivity index (χ3v) is 2.87. The van der Waals surface area contributed by atoms with Crippen molar-refractivity contribution in [2.24, 2.45) is 0 Å². The second-order valence-electron chi connectivity index (χ2n) is 3.95. The van der Waals surface area contributed by atoms with Crippen molar-refractivity contribution in [3.8, 4) is 0 Å². The van der Waals surface area contributed by atoms with Crippen LogP contribution in [0.1, 0.15) is 25.3 Å². The molecule has 0 unspecified atom stereocenters. The molecule has 1 aromatic carbocycles. The molecular formula is C12H13FO2. The Morgan fingerprint density at radius 2 is 2.07 bits per heavy atom. The second-order valence-corrected chi connectivity index (χ2v) is 3.95. The van der Waals surface area contributed by atoms with E-state index in [-0.39, 0.29) is 18.8 Å². The summed E-state index contributed by atoms with van der Waals surface area (Å²) in [5, 5.41) is 0. The second kappa shape index (κ2) is 3.65. The SMILES string of the molecule is C[C@]1(c2ccccc2)OC(=O)CC[C@H]1F. The third-order valence-electron chi connectivity index (χ3n) is 2.87. The summed E-state index contributed by atoms with van der Waals surface area (Å²) in [6.07, 6.45) is -0.717. The van der Waals surface area contributed by atoms with Crippen LogP contribution in [0.2, 0.25) is 0 Å². The van der Waals surface area contributed by atoms with Crippen molar-refractivity contribution in [3.05, 3.63) is 35.9 Å². The van der Waals surface area contributed by atoms with Crippen LogP contribution in [0.15, 0.2) is 30.3 Å². The Hall–Kier alpha value is -1.38. The largest absolute Gasteiger partial charge is 0.451 e. The molecule has 0 aromatic heterocycles. The van der Waals surface area contributed by atoms with Crippen LogP contribution in [0.5, 0.6) is 0 Å². The number of ether oxygens (including phenoxy) is 1. The van der Waals surface area contributed by atoms with Crippen LogP contribution in [-0.2, 0) is 15.1 Å². The van der Waals surface area contributed by atoms with Crippen molar-refractivity contribution in [1.82, 2.24) is 0 Å². The number of esters is 1. The highest BCUT2D eigenvalue weighted by Crippen LogP contribution is 2.37. The fraction of sp³-hybridized carbons (Fsp3) is 0.417. The van der Waals surface area contributed by atoms with E-state index in [0.717, 1.165) is 0 Å². The number of carbonyl (C=O) groups excluding carboxylic acids is 1. The highest BCUT2D eigenvalue weighted by atomic mass is 19.1. The lowest BCUT2D eigenvalue weighted by Crippen LogP contribution is -2.42. The molecule has 2 rings (SSSR count). The molecule has 1 aromatic rings. The number of alkyl halides is 1. The number of halogens is 1. The first-order valence-electron chi connectivity index (χ1n) is 5.04. The van der Waals surface area contributed by atoms with Gasteiger partial charge in [-0.3, -0.25) is 4.79 Å². The lowest BCUT2D eigenvalue weighted by molar-refractivity contribution is -0.177. The molecule has 3 heteroatoms. The maximum Gasteiger partial charge on any atom is 0.306 e. The molecule has 1 aliphatic heterocycles. The first-order chi connectivity index (χ1) is 7.13. The molecule has 2 nitrogen and oxygen atoms in total. The Morgan fingerprint density at radius 3 is 2.73 bits per heavy atom. The topological polar surface area (TPSA) is 26.3 Å². The van der Waals surface area contributed by atoms with Crippen molar-refractivity contribution < 1.29 is 13.9 Å². The van der Waals surface area contributed by atoms with Crippen molar-refractivity contribution in [2.45, 2.75) is 31.5 Å². The van der Waals surface area contributed by atoms with Gasteiger partial charge < -0.3 is 4.74 Å². The molecule has 1 fully saturated rings. The first-order valence-corrected chi connectivity index (χ1v) is 5.04. The number of hydrogen-bond acceptors (Lipinski definition) is 2. The van der Waals surface area contributed by atoms with Gasteiger partial charge in [0.25, 0.3) is 0 Å². The Morgan fingerprint density at radius 1 is 1.40 bits per heavy atom. The lowest BCUT2D eigenvalue weighted by Gasteiger charge is -2.36. The zero-order valence-electron chi connectivity index (χ0n) is 8.57. The van der Waals surface area contributed by atoms with E-state index in [2.05, 4.69) is 0 Å². The fourth-order valence-corrected chi connectivity index (χ4v) is 1.88. The molecule has 0 amide bonds. The fourth-order valence-electron chi connectivity index (χ4n) is 1.88. The maximum absolute atomic E-state index is 13.8. The zero-order valence-corrected chi connectivity index (χ0v) is 8.57. The van der Waals surface area contributed by atoms with Gasteiger partial charge in [-0.2, -0.15) is 0 Å². The summed E-state index contributed by atoms with van der Waals surface area (Å²) in [5.74, 6) is -0.324. The normalized spacial score (nSPS) is 31.1. The minimum absolute atomic E-state index is 0.170. The first kappa shape index (κ1) is 10.1. The summed E-state index contributed by atoms with van der Waals surface area (Å²) >= 11 is 0. The molecule has 15 heavy (non-hydrogen) atoms. The third kappa shape index (κ3) is 1.74. The Balaban J connectivity index is 2.35. The van der Waals surface area contributed by atoms with Gasteiger partial charge in [-0.15, -0.1) is 0 Å². The number of hydrogen-bond donors (Lipinski definition) is 0. The summed E-state index contributed by atoms with van der Waals surface area (Å²) in [5.41, 5.74) is -0.401. The van der Waals surface area contributed by atoms with Crippen molar-refractivity contribution in [2.75, 3.05) is 0 Å². The van der Waals surface area contributed by atoms with Gasteiger partial charge in [0.2, 0.25) is 0 Å². The molecule has 0 N–H and O–H groups in total. The molecule has 0 radical (unpaired) electrons. The van der Waals surface area contributed by atoms with Crippen molar-refractivity contribution in [1.29, 1.82) is 0 Å². The van der Waals surface area contributed by atoms with Gasteiger partial charge in [0.15, 0.2) is 5.60 Å². The summed E-state index contributed by atoms with van der Waals surface area (Å²) in [6.45, 7) is 1.63. The minimum atomic E-state index is -1.13. The van der Waals surface area contributed by atoms with Crippen LogP contribution in [0.25, 0.3) is 0 Å². The molecule has 0 spiro atoms. The summed E-state index contributed by atoms with van der Waals surface area (Å²) in [7, 11) is 0. The standard InChI is InChI=1S/C12H13FO2/c1-12(9-5-3-2-4-6-9)10(13)7-8-11(14)15-12/h2-6,10H,7-8H2,1H3/t10-,12-/m1/s1. The maximum atomic E-state index is 13.8. The van der Waals surface area contributed by atoms with Gasteiger partial charge in [-0.05, 0) is 18.9 Å². The van der Waals surface area contributed by atoms with Gasteiger partial charge in [0.05, 0.1) is 0 Å². The molecule has 80 valence electrons. The van der Waals surface area contributed by atoms with E-state index in [4.69, 9.17) is 4.74 Å². The summed E-state index contributed by atoms with van der Waals surface area (Å²) in [4.78, 5) is 11.2. The lowest BCUT2D eigenvalue weighted by atomic mass is 9.86. The van der Waals surface area contributed by atoms with Gasteiger partial charge in [0, 0.05) is 6.42 Å². The van der Waals surface area contributed by atoms with Gasteiger partial charge in [-0.1, -0.05) is 30.3 Å². The Kier molecular flexibility index (Phi) is 2.47. The zero-order chi connectivity index (χ0) is 10.9. The van der Waals surface area contributed by atoms with Gasteiger partial charge >= 0.3 is 5.97 Å². The predicted octanol–water partition coefficient (Wildman–Crippen LogP) is 2.58. The van der Waals surface area contributed by atoms with Crippen LogP contribution in [-0.4, -0.2) is 12.1 Å². The Bertz CT molecular complexity index is 363. The van der Waals surface area contributed by atoms with Crippen LogP contribution in [0, 0.1) is 0 Å². The highest BCUT2D eigenvalue weighted by molar-refractivity contribution is 5.71. The summed E-state index contributed by atoms with van der Waals surface area (Å²) in [6, 6.07) is 9.05. The van der Waals surface area contributed by atoms with Crippen LogP contribution in [0.4, 0.5) is 4.39 Å². The van der Waals surface area contributed by atoms with Crippen LogP contribution >= 0.6 is 0 Å². The average molecular weight is 208 g/mol. The molecule has 0 bridgehead atoms. The molecular weight excluding hydrogens is 195 g/mol. The molecule has 0 saturated carbocycles. The van der Waals surface area contributed by atoms with E-state index in [1.165, 1.54) is 0 Å². The Labute approximate surface area is 88.1 Å². The van der Waals surface area contributed by atoms with Crippen molar-refractivity contribution in [3.63, 3.8) is 0 Å². The molecule has 2 atom stereocenters. The van der Waals surface area contributed by atoms with Crippen LogP contribution in [0.3, 0.4) is 0 Å². The van der Waals surface area contributed by atoms with Gasteiger partial charge in [0.1, 0.15) is 6.17 Å². The quantitative estimate of drug-likeness (QED) is 0.663. The van der Waals surface area contributed by atoms with E-state index in [9.17, 15) is 9.18 Å². The van der Waals surface area contributed by atoms with E-state index in [1.807, 2.05) is 18.2 Å². The smallest absolute Gasteiger partial charge is 0.306 e. The van der Waals surface area contributed by atoms with Crippen LogP contribution < -0.4 is 0 Å². The monoisotopic (exact) mass is 208 g/mol. The average Bonchev–Trinajstić information content (AvgIpc) is 2.25. The molecule has 1 aliphatic rings. The molecule has 0 aliphatic carbocycles. The van der Waals surface area contributed by atoms with E-state index >= 15 is 0 Å². The minimum Gasteiger partial charge on any atom is -0.451 e. The number of benzene rings is 1. The highest BCUT2D eigenvalue weighted by Gasteiger charge is 2.43. The van der Waals surface area contributed by atoms with E-state index in [0.29, 0.717) is 5.56 Å². The van der Waals surface area contributed by atoms with E-state index in [1.54, 1.807) is 19.1 Å². The molecule has 1 saturated heterocycles. The molecule has 1 heterocycles.